The molecule has 0 N–H and O–H groups in total. The minimum atomic E-state index is 0.00737. The first-order valence-corrected chi connectivity index (χ1v) is 8.77. The summed E-state index contributed by atoms with van der Waals surface area (Å²) in [5.74, 6) is 0.781. The Kier molecular flexibility index (Phi) is 4.39. The Hall–Kier alpha value is -3.15. The summed E-state index contributed by atoms with van der Waals surface area (Å²) < 4.78 is 7.30. The molecule has 0 saturated heterocycles. The third-order valence-corrected chi connectivity index (χ3v) is 4.50. The molecule has 0 bridgehead atoms. The van der Waals surface area contributed by atoms with Crippen molar-refractivity contribution in [3.63, 3.8) is 0 Å². The van der Waals surface area contributed by atoms with Gasteiger partial charge in [-0.1, -0.05) is 23.4 Å². The van der Waals surface area contributed by atoms with Crippen molar-refractivity contribution >= 4 is 5.91 Å². The van der Waals surface area contributed by atoms with Gasteiger partial charge in [0, 0.05) is 18.5 Å². The second kappa shape index (κ2) is 7.00. The Morgan fingerprint density at radius 1 is 1.12 bits per heavy atom. The highest BCUT2D eigenvalue weighted by molar-refractivity contribution is 5.94. The van der Waals surface area contributed by atoms with Crippen molar-refractivity contribution in [1.29, 1.82) is 0 Å². The van der Waals surface area contributed by atoms with Gasteiger partial charge in [-0.2, -0.15) is 0 Å². The van der Waals surface area contributed by atoms with Crippen LogP contribution >= 0.6 is 0 Å². The van der Waals surface area contributed by atoms with Gasteiger partial charge in [-0.25, -0.2) is 4.68 Å². The van der Waals surface area contributed by atoms with E-state index in [1.807, 2.05) is 71.1 Å². The van der Waals surface area contributed by atoms with E-state index in [0.29, 0.717) is 25.3 Å². The maximum Gasteiger partial charge on any atom is 0.254 e. The van der Waals surface area contributed by atoms with Gasteiger partial charge >= 0.3 is 0 Å². The molecule has 0 saturated carbocycles. The molecule has 0 fully saturated rings. The van der Waals surface area contributed by atoms with Crippen LogP contribution in [-0.4, -0.2) is 39.0 Å². The van der Waals surface area contributed by atoms with E-state index in [-0.39, 0.29) is 5.91 Å². The number of hydrogen-bond donors (Lipinski definition) is 0. The average molecular weight is 348 g/mol. The third-order valence-electron chi connectivity index (χ3n) is 4.50. The summed E-state index contributed by atoms with van der Waals surface area (Å²) in [5, 5.41) is 8.58. The topological polar surface area (TPSA) is 60.2 Å². The van der Waals surface area contributed by atoms with Crippen LogP contribution in [0.1, 0.15) is 28.7 Å². The molecule has 132 valence electrons. The monoisotopic (exact) mass is 348 g/mol. The molecule has 6 heteroatoms. The summed E-state index contributed by atoms with van der Waals surface area (Å²) in [6.07, 6.45) is 0.736. The van der Waals surface area contributed by atoms with Crippen molar-refractivity contribution in [2.24, 2.45) is 0 Å². The predicted molar refractivity (Wildman–Crippen MR) is 97.4 cm³/mol. The van der Waals surface area contributed by atoms with Gasteiger partial charge in [0.2, 0.25) is 0 Å². The Morgan fingerprint density at radius 3 is 2.62 bits per heavy atom. The molecule has 26 heavy (non-hydrogen) atoms. The van der Waals surface area contributed by atoms with Crippen LogP contribution in [0, 0.1) is 0 Å². The van der Waals surface area contributed by atoms with E-state index < -0.39 is 0 Å². The molecule has 1 amide bonds. The maximum atomic E-state index is 12.8. The molecule has 1 aliphatic heterocycles. The van der Waals surface area contributed by atoms with E-state index >= 15 is 0 Å². The zero-order valence-electron chi connectivity index (χ0n) is 14.6. The highest BCUT2D eigenvalue weighted by Crippen LogP contribution is 2.22. The molecular weight excluding hydrogens is 328 g/mol. The predicted octanol–water partition coefficient (Wildman–Crippen LogP) is 2.86. The van der Waals surface area contributed by atoms with E-state index in [2.05, 4.69) is 10.3 Å². The third kappa shape index (κ3) is 3.06. The number of nitrogens with zero attached hydrogens (tertiary/aromatic N) is 4. The second-order valence-electron chi connectivity index (χ2n) is 6.16. The number of amides is 1. The Bertz CT molecular complexity index is 903. The van der Waals surface area contributed by atoms with Gasteiger partial charge < -0.3 is 9.64 Å². The smallest absolute Gasteiger partial charge is 0.254 e. The fourth-order valence-electron chi connectivity index (χ4n) is 3.20. The molecule has 4 rings (SSSR count). The Labute approximate surface area is 152 Å². The lowest BCUT2D eigenvalue weighted by Gasteiger charge is -2.26. The molecule has 1 aromatic heterocycles. The van der Waals surface area contributed by atoms with Crippen LogP contribution in [0.3, 0.4) is 0 Å². The minimum absolute atomic E-state index is 0.00737. The summed E-state index contributed by atoms with van der Waals surface area (Å²) in [4.78, 5) is 14.6. The van der Waals surface area contributed by atoms with Crippen LogP contribution in [0.2, 0.25) is 0 Å². The number of rotatable bonds is 4. The highest BCUT2D eigenvalue weighted by atomic mass is 16.5. The van der Waals surface area contributed by atoms with Crippen molar-refractivity contribution < 1.29 is 9.53 Å². The average Bonchev–Trinajstić information content (AvgIpc) is 3.12. The van der Waals surface area contributed by atoms with Crippen LogP contribution in [0.15, 0.2) is 54.6 Å². The van der Waals surface area contributed by atoms with Gasteiger partial charge in [0.1, 0.15) is 11.4 Å². The zero-order chi connectivity index (χ0) is 17.9. The number of ether oxygens (including phenoxy) is 1. The van der Waals surface area contributed by atoms with Crippen LogP contribution in [-0.2, 0) is 13.0 Å². The van der Waals surface area contributed by atoms with Gasteiger partial charge in [0.15, 0.2) is 0 Å². The number of carbonyl (C=O) groups excluding carboxylic acids is 1. The van der Waals surface area contributed by atoms with Crippen molar-refractivity contribution in [3.05, 3.63) is 71.5 Å². The van der Waals surface area contributed by atoms with Gasteiger partial charge in [-0.15, -0.1) is 5.10 Å². The fraction of sp³-hybridized carbons (Fsp3) is 0.250. The molecule has 0 aliphatic carbocycles. The summed E-state index contributed by atoms with van der Waals surface area (Å²) >= 11 is 0. The van der Waals surface area contributed by atoms with Crippen LogP contribution in [0.25, 0.3) is 5.69 Å². The Morgan fingerprint density at radius 2 is 1.88 bits per heavy atom. The van der Waals surface area contributed by atoms with Gasteiger partial charge in [-0.05, 0) is 43.3 Å². The van der Waals surface area contributed by atoms with E-state index in [1.165, 1.54) is 0 Å². The van der Waals surface area contributed by atoms with Crippen molar-refractivity contribution in [2.45, 2.75) is 19.9 Å². The first kappa shape index (κ1) is 16.3. The number of aromatic nitrogens is 3. The molecule has 6 nitrogen and oxygen atoms in total. The SMILES string of the molecule is CCOc1ccc(C(=O)N2CCc3c(nnn3-c3ccccc3)C2)cc1. The second-order valence-corrected chi connectivity index (χ2v) is 6.16. The molecule has 0 atom stereocenters. The minimum Gasteiger partial charge on any atom is -0.494 e. The lowest BCUT2D eigenvalue weighted by Crippen LogP contribution is -2.36. The van der Waals surface area contributed by atoms with Crippen molar-refractivity contribution in [1.82, 2.24) is 19.9 Å². The van der Waals surface area contributed by atoms with Crippen LogP contribution < -0.4 is 4.74 Å². The molecule has 0 unspecified atom stereocenters. The molecule has 3 aromatic rings. The van der Waals surface area contributed by atoms with E-state index in [9.17, 15) is 4.79 Å². The van der Waals surface area contributed by atoms with Crippen LogP contribution in [0.4, 0.5) is 0 Å². The summed E-state index contributed by atoms with van der Waals surface area (Å²) in [6.45, 7) is 3.68. The molecular formula is C20H20N4O2. The lowest BCUT2D eigenvalue weighted by molar-refractivity contribution is 0.0731. The molecule has 1 aliphatic rings. The highest BCUT2D eigenvalue weighted by Gasteiger charge is 2.26. The quantitative estimate of drug-likeness (QED) is 0.727. The van der Waals surface area contributed by atoms with Gasteiger partial charge in [-0.3, -0.25) is 4.79 Å². The number of hydrogen-bond acceptors (Lipinski definition) is 4. The standard InChI is InChI=1S/C20H20N4O2/c1-2-26-17-10-8-15(9-11-17)20(25)23-13-12-19-18(14-23)21-22-24(19)16-6-4-3-5-7-16/h3-11H,2,12-14H2,1H3. The first-order chi connectivity index (χ1) is 12.8. The summed E-state index contributed by atoms with van der Waals surface area (Å²) in [7, 11) is 0. The van der Waals surface area contributed by atoms with Crippen molar-refractivity contribution in [3.8, 4) is 11.4 Å². The fourth-order valence-corrected chi connectivity index (χ4v) is 3.20. The largest absolute Gasteiger partial charge is 0.494 e. The number of para-hydroxylation sites is 1. The molecule has 2 heterocycles. The molecule has 0 spiro atoms. The molecule has 2 aromatic carbocycles. The summed E-state index contributed by atoms with van der Waals surface area (Å²) in [5.41, 5.74) is 3.59. The van der Waals surface area contributed by atoms with E-state index in [4.69, 9.17) is 4.74 Å². The molecule has 0 radical (unpaired) electrons. The van der Waals surface area contributed by atoms with Gasteiger partial charge in [0.25, 0.3) is 5.91 Å². The van der Waals surface area contributed by atoms with Gasteiger partial charge in [0.05, 0.1) is 24.5 Å². The van der Waals surface area contributed by atoms with E-state index in [1.54, 1.807) is 0 Å². The number of fused-ring (bicyclic) bond motifs is 1. The zero-order valence-corrected chi connectivity index (χ0v) is 14.6. The first-order valence-electron chi connectivity index (χ1n) is 8.77. The maximum absolute atomic E-state index is 12.8. The van der Waals surface area contributed by atoms with Crippen molar-refractivity contribution in [2.75, 3.05) is 13.2 Å². The van der Waals surface area contributed by atoms with Crippen LogP contribution in [0.5, 0.6) is 5.75 Å². The summed E-state index contributed by atoms with van der Waals surface area (Å²) in [6, 6.07) is 17.2. The lowest BCUT2D eigenvalue weighted by atomic mass is 10.1. The number of benzene rings is 2. The Balaban J connectivity index is 1.52. The van der Waals surface area contributed by atoms with E-state index in [0.717, 1.165) is 29.2 Å². The normalized spacial score (nSPS) is 13.3. The number of carbonyl (C=O) groups is 1.